The predicted molar refractivity (Wildman–Crippen MR) is 135 cm³/mol. The molecular formula is C27H32N6O3. The maximum atomic E-state index is 13.6. The van der Waals surface area contributed by atoms with E-state index in [1.54, 1.807) is 6.26 Å². The zero-order chi connectivity index (χ0) is 24.5. The maximum absolute atomic E-state index is 13.6. The number of ether oxygens (including phenoxy) is 1. The van der Waals surface area contributed by atoms with Gasteiger partial charge in [0.05, 0.1) is 25.0 Å². The summed E-state index contributed by atoms with van der Waals surface area (Å²) in [4.78, 5) is 19.0. The highest BCUT2D eigenvalue weighted by Crippen LogP contribution is 2.35. The van der Waals surface area contributed by atoms with Crippen LogP contribution in [0.15, 0.2) is 51.9 Å². The van der Waals surface area contributed by atoms with Gasteiger partial charge in [-0.15, -0.1) is 5.10 Å². The minimum Gasteiger partial charge on any atom is -0.468 e. The van der Waals surface area contributed by atoms with Crippen LogP contribution in [0.2, 0.25) is 0 Å². The molecule has 0 radical (unpaired) electrons. The van der Waals surface area contributed by atoms with Gasteiger partial charge in [0.25, 0.3) is 5.56 Å². The van der Waals surface area contributed by atoms with Gasteiger partial charge >= 0.3 is 0 Å². The van der Waals surface area contributed by atoms with Crippen molar-refractivity contribution in [3.8, 4) is 0 Å². The molecule has 0 amide bonds. The van der Waals surface area contributed by atoms with Crippen molar-refractivity contribution in [2.45, 2.75) is 70.2 Å². The van der Waals surface area contributed by atoms with Gasteiger partial charge in [0, 0.05) is 24.2 Å². The summed E-state index contributed by atoms with van der Waals surface area (Å²) in [5.41, 5.74) is 2.46. The van der Waals surface area contributed by atoms with Crippen molar-refractivity contribution in [3.05, 3.63) is 75.7 Å². The lowest BCUT2D eigenvalue weighted by Gasteiger charge is -2.32. The molecule has 4 heterocycles. The Hall–Kier alpha value is -3.30. The summed E-state index contributed by atoms with van der Waals surface area (Å²) >= 11 is 0. The van der Waals surface area contributed by atoms with Crippen LogP contribution < -0.4 is 5.56 Å². The summed E-state index contributed by atoms with van der Waals surface area (Å²) in [7, 11) is 0. The number of benzene rings is 1. The zero-order valence-electron chi connectivity index (χ0n) is 20.6. The lowest BCUT2D eigenvalue weighted by molar-refractivity contribution is 0.0541. The minimum atomic E-state index is -0.455. The molecule has 1 aliphatic heterocycles. The molecule has 1 aromatic carbocycles. The van der Waals surface area contributed by atoms with Gasteiger partial charge in [0.15, 0.2) is 5.82 Å². The van der Waals surface area contributed by atoms with Crippen LogP contribution in [0, 0.1) is 6.92 Å². The summed E-state index contributed by atoms with van der Waals surface area (Å²) in [6.45, 7) is 3.98. The number of hydrogen-bond donors (Lipinski definition) is 1. The highest BCUT2D eigenvalue weighted by atomic mass is 16.5. The lowest BCUT2D eigenvalue weighted by atomic mass is 10.0. The maximum Gasteiger partial charge on any atom is 0.253 e. The molecule has 3 aromatic heterocycles. The summed E-state index contributed by atoms with van der Waals surface area (Å²) < 4.78 is 13.7. The van der Waals surface area contributed by atoms with E-state index < -0.39 is 6.04 Å². The Bertz CT molecular complexity index is 1370. The number of fused-ring (bicyclic) bond motifs is 1. The van der Waals surface area contributed by atoms with E-state index in [1.165, 1.54) is 0 Å². The molecule has 0 spiro atoms. The van der Waals surface area contributed by atoms with Crippen molar-refractivity contribution in [2.75, 3.05) is 13.2 Å². The van der Waals surface area contributed by atoms with E-state index in [4.69, 9.17) is 9.15 Å². The Morgan fingerprint density at radius 2 is 2.06 bits per heavy atom. The first-order chi connectivity index (χ1) is 17.7. The van der Waals surface area contributed by atoms with Crippen molar-refractivity contribution >= 4 is 10.9 Å². The fraction of sp³-hybridized carbons (Fsp3) is 0.481. The average molecular weight is 489 g/mol. The third-order valence-corrected chi connectivity index (χ3v) is 7.52. The second kappa shape index (κ2) is 9.99. The number of aryl methyl sites for hydroxylation is 1. The molecule has 9 heteroatoms. The number of H-pyrrole nitrogens is 1. The quantitative estimate of drug-likeness (QED) is 0.394. The number of hydrogen-bond acceptors (Lipinski definition) is 7. The van der Waals surface area contributed by atoms with Crippen molar-refractivity contribution < 1.29 is 9.15 Å². The minimum absolute atomic E-state index is 0.0834. The largest absolute Gasteiger partial charge is 0.468 e. The van der Waals surface area contributed by atoms with E-state index in [1.807, 2.05) is 35.0 Å². The number of pyridine rings is 1. The topological polar surface area (TPSA) is 102 Å². The number of aromatic amines is 1. The van der Waals surface area contributed by atoms with Crippen molar-refractivity contribution in [3.63, 3.8) is 0 Å². The molecule has 0 bridgehead atoms. The van der Waals surface area contributed by atoms with E-state index in [2.05, 4.69) is 38.4 Å². The molecule has 1 aliphatic carbocycles. The summed E-state index contributed by atoms with van der Waals surface area (Å²) in [6.07, 6.45) is 8.21. The molecule has 2 unspecified atom stereocenters. The average Bonchev–Trinajstić information content (AvgIpc) is 3.68. The number of nitrogens with one attached hydrogen (secondary N) is 1. The molecule has 36 heavy (non-hydrogen) atoms. The molecule has 1 saturated carbocycles. The van der Waals surface area contributed by atoms with Gasteiger partial charge in [-0.25, -0.2) is 4.68 Å². The molecule has 2 fully saturated rings. The Kier molecular flexibility index (Phi) is 6.41. The third kappa shape index (κ3) is 4.60. The van der Waals surface area contributed by atoms with Gasteiger partial charge in [-0.1, -0.05) is 24.5 Å². The Labute approximate surface area is 209 Å². The summed E-state index contributed by atoms with van der Waals surface area (Å²) in [6, 6.07) is 11.7. The van der Waals surface area contributed by atoms with E-state index >= 15 is 0 Å². The van der Waals surface area contributed by atoms with Crippen LogP contribution in [-0.4, -0.2) is 49.3 Å². The van der Waals surface area contributed by atoms with Crippen molar-refractivity contribution in [1.29, 1.82) is 0 Å². The fourth-order valence-electron chi connectivity index (χ4n) is 5.75. The van der Waals surface area contributed by atoms with Crippen LogP contribution in [0.3, 0.4) is 0 Å². The molecule has 188 valence electrons. The smallest absolute Gasteiger partial charge is 0.253 e. The van der Waals surface area contributed by atoms with E-state index in [9.17, 15) is 4.79 Å². The molecule has 2 atom stereocenters. The fourth-order valence-corrected chi connectivity index (χ4v) is 5.75. The first kappa shape index (κ1) is 23.1. The SMILES string of the molecule is Cc1ccc2[nH]c(=O)c(C(c3nnnn3C3CCCC3)N(Cc3ccco3)CC3CCCO3)cc2c1. The first-order valence-corrected chi connectivity index (χ1v) is 12.9. The number of nitrogens with zero attached hydrogens (tertiary/aromatic N) is 5. The van der Waals surface area contributed by atoms with Gasteiger partial charge in [0.1, 0.15) is 11.8 Å². The molecule has 9 nitrogen and oxygen atoms in total. The molecule has 1 saturated heterocycles. The second-order valence-electron chi connectivity index (χ2n) is 10.1. The molecule has 6 rings (SSSR count). The first-order valence-electron chi connectivity index (χ1n) is 12.9. The van der Waals surface area contributed by atoms with Crippen LogP contribution in [0.1, 0.15) is 73.3 Å². The van der Waals surface area contributed by atoms with E-state index in [0.717, 1.165) is 67.4 Å². The van der Waals surface area contributed by atoms with Gasteiger partial charge in [-0.2, -0.15) is 0 Å². The van der Waals surface area contributed by atoms with Crippen LogP contribution in [-0.2, 0) is 11.3 Å². The number of tetrazole rings is 1. The van der Waals surface area contributed by atoms with E-state index in [0.29, 0.717) is 24.5 Å². The van der Waals surface area contributed by atoms with Gasteiger partial charge in [0.2, 0.25) is 0 Å². The molecule has 2 aliphatic rings. The number of aromatic nitrogens is 5. The van der Waals surface area contributed by atoms with Gasteiger partial charge in [-0.05, 0) is 78.8 Å². The third-order valence-electron chi connectivity index (χ3n) is 7.52. The highest BCUT2D eigenvalue weighted by Gasteiger charge is 2.35. The lowest BCUT2D eigenvalue weighted by Crippen LogP contribution is -2.39. The molecular weight excluding hydrogens is 456 g/mol. The summed E-state index contributed by atoms with van der Waals surface area (Å²) in [5, 5.41) is 14.1. The predicted octanol–water partition coefficient (Wildman–Crippen LogP) is 4.30. The normalized spacial score (nSPS) is 19.6. The Morgan fingerprint density at radius 3 is 2.83 bits per heavy atom. The number of rotatable bonds is 8. The molecule has 4 aromatic rings. The van der Waals surface area contributed by atoms with Crippen LogP contribution in [0.4, 0.5) is 0 Å². The Morgan fingerprint density at radius 1 is 1.17 bits per heavy atom. The van der Waals surface area contributed by atoms with E-state index in [-0.39, 0.29) is 17.7 Å². The number of furan rings is 1. The zero-order valence-corrected chi connectivity index (χ0v) is 20.6. The Balaban J connectivity index is 1.50. The standard InChI is InChI=1S/C27H32N6O3/c1-18-10-11-24-19(14-18)15-23(27(34)28-24)25(26-29-30-31-33(26)20-6-2-3-7-20)32(16-21-8-4-12-35-21)17-22-9-5-13-36-22/h4,8,10-12,14-15,20,22,25H,2-3,5-7,9,13,16-17H2,1H3,(H,28,34). The van der Waals surface area contributed by atoms with Gasteiger partial charge in [-0.3, -0.25) is 9.69 Å². The summed E-state index contributed by atoms with van der Waals surface area (Å²) in [5.74, 6) is 1.52. The monoisotopic (exact) mass is 488 g/mol. The van der Waals surface area contributed by atoms with Crippen LogP contribution >= 0.6 is 0 Å². The van der Waals surface area contributed by atoms with Crippen molar-refractivity contribution in [1.82, 2.24) is 30.1 Å². The second-order valence-corrected chi connectivity index (χ2v) is 10.1. The van der Waals surface area contributed by atoms with Crippen LogP contribution in [0.25, 0.3) is 10.9 Å². The van der Waals surface area contributed by atoms with Gasteiger partial charge < -0.3 is 14.1 Å². The van der Waals surface area contributed by atoms with Crippen molar-refractivity contribution in [2.24, 2.45) is 0 Å². The van der Waals surface area contributed by atoms with Crippen LogP contribution in [0.5, 0.6) is 0 Å². The molecule has 1 N–H and O–H groups in total. The highest BCUT2D eigenvalue weighted by molar-refractivity contribution is 5.79.